The van der Waals surface area contributed by atoms with Crippen LogP contribution in [0.2, 0.25) is 0 Å². The molecule has 0 spiro atoms. The summed E-state index contributed by atoms with van der Waals surface area (Å²) >= 11 is 1.69. The van der Waals surface area contributed by atoms with Crippen LogP contribution in [0.5, 0.6) is 0 Å². The second kappa shape index (κ2) is 12.1. The topological polar surface area (TPSA) is 94.3 Å². The normalized spacial score (nSPS) is 16.9. The van der Waals surface area contributed by atoms with Gasteiger partial charge in [-0.05, 0) is 86.8 Å². The minimum absolute atomic E-state index is 0.0707. The average Bonchev–Trinajstić information content (AvgIpc) is 3.40. The van der Waals surface area contributed by atoms with Crippen molar-refractivity contribution in [3.05, 3.63) is 76.2 Å². The Labute approximate surface area is 228 Å². The predicted molar refractivity (Wildman–Crippen MR) is 155 cm³/mol. The molecule has 7 nitrogen and oxygen atoms in total. The van der Waals surface area contributed by atoms with Gasteiger partial charge in [-0.25, -0.2) is 0 Å². The van der Waals surface area contributed by atoms with E-state index >= 15 is 0 Å². The molecule has 2 aromatic carbocycles. The van der Waals surface area contributed by atoms with Gasteiger partial charge in [0, 0.05) is 40.0 Å². The summed E-state index contributed by atoms with van der Waals surface area (Å²) in [6, 6.07) is 18.8. The van der Waals surface area contributed by atoms with Gasteiger partial charge in [0.15, 0.2) is 0 Å². The predicted octanol–water partition coefficient (Wildman–Crippen LogP) is 4.21. The van der Waals surface area contributed by atoms with Crippen LogP contribution in [-0.4, -0.2) is 44.0 Å². The first-order valence-electron chi connectivity index (χ1n) is 13.5. The monoisotopic (exact) mass is 531 g/mol. The van der Waals surface area contributed by atoms with Gasteiger partial charge in [0.05, 0.1) is 18.6 Å². The standard InChI is InChI=1S/C30H37N5O2S/c1-19-6-7-24(35-25-16-32-17-25)15-27(19)30(37)34-20(2)22-4-3-5-23(14-22)28-9-8-26(38-28)18-33-29(36)21-10-12-31-13-11-21/h3-9,14-15,20-21,25,31-32,35H,10-13,16-18H2,1-2H3,(H,33,36)(H,34,37)/t20-/m1/s1. The number of anilines is 1. The van der Waals surface area contributed by atoms with Crippen molar-refractivity contribution in [3.63, 3.8) is 0 Å². The molecule has 200 valence electrons. The van der Waals surface area contributed by atoms with Gasteiger partial charge < -0.3 is 26.6 Å². The molecule has 0 aliphatic carbocycles. The third-order valence-electron chi connectivity index (χ3n) is 7.46. The first kappa shape index (κ1) is 26.4. The summed E-state index contributed by atoms with van der Waals surface area (Å²) in [6.07, 6.45) is 1.81. The van der Waals surface area contributed by atoms with Crippen LogP contribution in [0.1, 0.15) is 52.2 Å². The molecule has 2 aliphatic heterocycles. The molecule has 3 aromatic rings. The van der Waals surface area contributed by atoms with Gasteiger partial charge in [-0.2, -0.15) is 0 Å². The molecule has 5 N–H and O–H groups in total. The zero-order chi connectivity index (χ0) is 26.5. The number of carbonyl (C=O) groups is 2. The summed E-state index contributed by atoms with van der Waals surface area (Å²) in [7, 11) is 0. The smallest absolute Gasteiger partial charge is 0.252 e. The molecule has 0 bridgehead atoms. The lowest BCUT2D eigenvalue weighted by atomic mass is 9.97. The molecule has 0 saturated carbocycles. The van der Waals surface area contributed by atoms with Gasteiger partial charge in [0.1, 0.15) is 0 Å². The van der Waals surface area contributed by atoms with E-state index in [2.05, 4.69) is 56.9 Å². The molecule has 0 unspecified atom stereocenters. The van der Waals surface area contributed by atoms with Gasteiger partial charge >= 0.3 is 0 Å². The van der Waals surface area contributed by atoms with Gasteiger partial charge in [-0.3, -0.25) is 9.59 Å². The summed E-state index contributed by atoms with van der Waals surface area (Å²) in [5.74, 6) is 0.204. The lowest BCUT2D eigenvalue weighted by Gasteiger charge is -2.29. The molecular weight excluding hydrogens is 494 g/mol. The lowest BCUT2D eigenvalue weighted by Crippen LogP contribution is -2.51. The maximum absolute atomic E-state index is 13.2. The second-order valence-electron chi connectivity index (χ2n) is 10.4. The first-order valence-corrected chi connectivity index (χ1v) is 14.3. The van der Waals surface area contributed by atoms with Crippen molar-refractivity contribution in [3.8, 4) is 10.4 Å². The van der Waals surface area contributed by atoms with Crippen LogP contribution in [0, 0.1) is 12.8 Å². The Morgan fingerprint density at radius 1 is 1.03 bits per heavy atom. The summed E-state index contributed by atoms with van der Waals surface area (Å²) in [5.41, 5.74) is 4.79. The van der Waals surface area contributed by atoms with Crippen LogP contribution >= 0.6 is 11.3 Å². The van der Waals surface area contributed by atoms with Crippen LogP contribution in [-0.2, 0) is 11.3 Å². The number of hydrogen-bond acceptors (Lipinski definition) is 6. The third-order valence-corrected chi connectivity index (χ3v) is 8.60. The Morgan fingerprint density at radius 2 is 1.84 bits per heavy atom. The fourth-order valence-corrected chi connectivity index (χ4v) is 5.88. The molecule has 1 aromatic heterocycles. The second-order valence-corrected chi connectivity index (χ2v) is 11.5. The van der Waals surface area contributed by atoms with E-state index in [0.29, 0.717) is 18.2 Å². The van der Waals surface area contributed by atoms with Crippen LogP contribution in [0.25, 0.3) is 10.4 Å². The van der Waals surface area contributed by atoms with E-state index in [0.717, 1.165) is 71.2 Å². The van der Waals surface area contributed by atoms with Crippen LogP contribution in [0.15, 0.2) is 54.6 Å². The van der Waals surface area contributed by atoms with Gasteiger partial charge in [0.2, 0.25) is 5.91 Å². The van der Waals surface area contributed by atoms with Crippen molar-refractivity contribution in [1.29, 1.82) is 0 Å². The quantitative estimate of drug-likeness (QED) is 0.285. The number of benzene rings is 2. The number of rotatable bonds is 9. The maximum Gasteiger partial charge on any atom is 0.252 e. The van der Waals surface area contributed by atoms with Crippen molar-refractivity contribution in [2.75, 3.05) is 31.5 Å². The van der Waals surface area contributed by atoms with Crippen LogP contribution in [0.3, 0.4) is 0 Å². The first-order chi connectivity index (χ1) is 18.5. The number of aryl methyl sites for hydroxylation is 1. The van der Waals surface area contributed by atoms with Crippen molar-refractivity contribution in [2.45, 2.75) is 45.3 Å². The van der Waals surface area contributed by atoms with E-state index in [1.54, 1.807) is 11.3 Å². The maximum atomic E-state index is 13.2. The molecular formula is C30H37N5O2S. The Balaban J connectivity index is 1.20. The van der Waals surface area contributed by atoms with Crippen LogP contribution < -0.4 is 26.6 Å². The Morgan fingerprint density at radius 3 is 2.61 bits per heavy atom. The van der Waals surface area contributed by atoms with Crippen molar-refractivity contribution >= 4 is 28.8 Å². The van der Waals surface area contributed by atoms with Crippen LogP contribution in [0.4, 0.5) is 5.69 Å². The third kappa shape index (κ3) is 6.43. The van der Waals surface area contributed by atoms with Gasteiger partial charge in [-0.1, -0.05) is 24.3 Å². The molecule has 5 rings (SSSR count). The minimum Gasteiger partial charge on any atom is -0.380 e. The van der Waals surface area contributed by atoms with Gasteiger partial charge in [0.25, 0.3) is 5.91 Å². The number of amides is 2. The fourth-order valence-electron chi connectivity index (χ4n) is 4.93. The average molecular weight is 532 g/mol. The number of thiophene rings is 1. The van der Waals surface area contributed by atoms with Crippen molar-refractivity contribution in [2.24, 2.45) is 5.92 Å². The molecule has 3 heterocycles. The number of carbonyl (C=O) groups excluding carboxylic acids is 2. The van der Waals surface area contributed by atoms with E-state index in [1.165, 1.54) is 0 Å². The fraction of sp³-hybridized carbons (Fsp3) is 0.400. The SMILES string of the molecule is Cc1ccc(NC2CNC2)cc1C(=O)N[C@H](C)c1cccc(-c2ccc(CNC(=O)C3CCNCC3)s2)c1. The Bertz CT molecular complexity index is 1280. The molecule has 0 radical (unpaired) electrons. The molecule has 8 heteroatoms. The largest absolute Gasteiger partial charge is 0.380 e. The van der Waals surface area contributed by atoms with Crippen molar-refractivity contribution in [1.82, 2.24) is 21.3 Å². The highest BCUT2D eigenvalue weighted by Crippen LogP contribution is 2.30. The molecule has 2 fully saturated rings. The van der Waals surface area contributed by atoms with E-state index in [1.807, 2.05) is 38.1 Å². The minimum atomic E-state index is -0.141. The Kier molecular flexibility index (Phi) is 8.42. The molecule has 2 saturated heterocycles. The summed E-state index contributed by atoms with van der Waals surface area (Å²) in [6.45, 7) is 8.27. The van der Waals surface area contributed by atoms with E-state index in [-0.39, 0.29) is 23.8 Å². The molecule has 2 aliphatic rings. The highest BCUT2D eigenvalue weighted by molar-refractivity contribution is 7.15. The molecule has 2 amide bonds. The summed E-state index contributed by atoms with van der Waals surface area (Å²) in [4.78, 5) is 28.0. The molecule has 1 atom stereocenters. The highest BCUT2D eigenvalue weighted by atomic mass is 32.1. The van der Waals surface area contributed by atoms with E-state index in [4.69, 9.17) is 0 Å². The highest BCUT2D eigenvalue weighted by Gasteiger charge is 2.21. The van der Waals surface area contributed by atoms with Gasteiger partial charge in [-0.15, -0.1) is 11.3 Å². The van der Waals surface area contributed by atoms with Crippen molar-refractivity contribution < 1.29 is 9.59 Å². The zero-order valence-electron chi connectivity index (χ0n) is 22.1. The summed E-state index contributed by atoms with van der Waals surface area (Å²) < 4.78 is 0. The molecule has 38 heavy (non-hydrogen) atoms. The van der Waals surface area contributed by atoms with E-state index < -0.39 is 0 Å². The van der Waals surface area contributed by atoms with E-state index in [9.17, 15) is 9.59 Å². The lowest BCUT2D eigenvalue weighted by molar-refractivity contribution is -0.125. The zero-order valence-corrected chi connectivity index (χ0v) is 22.9. The number of piperidine rings is 1. The number of hydrogen-bond donors (Lipinski definition) is 5. The summed E-state index contributed by atoms with van der Waals surface area (Å²) in [5, 5.41) is 16.3. The Hall–Kier alpha value is -3.20. The number of nitrogens with one attached hydrogen (secondary N) is 5.